The third-order valence-electron chi connectivity index (χ3n) is 15.0. The molecule has 0 heterocycles. The summed E-state index contributed by atoms with van der Waals surface area (Å²) < 4.78 is 13.2. The van der Waals surface area contributed by atoms with Crippen LogP contribution in [0.2, 0.25) is 0 Å². The molecule has 0 saturated carbocycles. The Hall–Kier alpha value is -4.63. The van der Waals surface area contributed by atoms with E-state index in [0.29, 0.717) is 66.8 Å². The minimum absolute atomic E-state index is 0.186. The minimum atomic E-state index is -1.47. The van der Waals surface area contributed by atoms with Crippen LogP contribution >= 0.6 is 11.8 Å². The summed E-state index contributed by atoms with van der Waals surface area (Å²) in [5, 5.41) is 47.7. The van der Waals surface area contributed by atoms with Crippen LogP contribution in [-0.2, 0) is 73.2 Å². The van der Waals surface area contributed by atoms with Gasteiger partial charge in [-0.15, -0.1) is 0 Å². The Bertz CT molecular complexity index is 2300. The molecule has 75 heavy (non-hydrogen) atoms. The van der Waals surface area contributed by atoms with Crippen LogP contribution in [0.1, 0.15) is 261 Å². The van der Waals surface area contributed by atoms with Crippen molar-refractivity contribution in [1.29, 1.82) is 0 Å². The molecule has 0 aliphatic carbocycles. The molecule has 0 aliphatic heterocycles. The van der Waals surface area contributed by atoms with Crippen molar-refractivity contribution < 1.29 is 39.5 Å². The van der Waals surface area contributed by atoms with Gasteiger partial charge in [-0.3, -0.25) is 9.59 Å². The zero-order valence-electron chi connectivity index (χ0n) is 51.6. The Labute approximate surface area is 458 Å². The third kappa shape index (κ3) is 13.0. The SMILES string of the molecule is CC(OC(=O)C(C)(c1cc(C(C)(C)C)c(O)c(C(C)(C)C)c1)c1cc(C(C)(C)C)c(O)c(C(C)(C)C)c1)SC(C)OC(=O)C(C)(c1cc(C(C)(C)C)c(O)c(C(C)(C)C)c1)c1cc(C(C)(C)C)c(O)c(C(C)(C)C)c1. The van der Waals surface area contributed by atoms with Crippen LogP contribution in [0.3, 0.4) is 0 Å². The fraction of sp³-hybridized carbons (Fsp3) is 0.606. The van der Waals surface area contributed by atoms with E-state index in [2.05, 4.69) is 0 Å². The van der Waals surface area contributed by atoms with Crippen molar-refractivity contribution in [2.45, 2.75) is 259 Å². The molecule has 0 amide bonds. The van der Waals surface area contributed by atoms with Crippen molar-refractivity contribution in [1.82, 2.24) is 0 Å². The monoisotopic (exact) mass is 1050 g/mol. The highest BCUT2D eigenvalue weighted by Crippen LogP contribution is 2.51. The first-order valence-electron chi connectivity index (χ1n) is 26.9. The average molecular weight is 1050 g/mol. The van der Waals surface area contributed by atoms with Gasteiger partial charge in [0.2, 0.25) is 0 Å². The number of thioether (sulfide) groups is 1. The van der Waals surface area contributed by atoms with Gasteiger partial charge in [0.1, 0.15) is 44.7 Å². The van der Waals surface area contributed by atoms with Crippen LogP contribution in [0.15, 0.2) is 48.5 Å². The maximum atomic E-state index is 15.6. The first-order chi connectivity index (χ1) is 33.3. The molecule has 0 saturated heterocycles. The number of hydrogen-bond acceptors (Lipinski definition) is 9. The van der Waals surface area contributed by atoms with Crippen molar-refractivity contribution in [3.8, 4) is 23.0 Å². The van der Waals surface area contributed by atoms with Gasteiger partial charge in [0.05, 0.1) is 0 Å². The topological polar surface area (TPSA) is 134 Å². The Morgan fingerprint density at radius 3 is 0.573 bits per heavy atom. The number of esters is 2. The summed E-state index contributed by atoms with van der Waals surface area (Å²) in [5.74, 6) is -0.361. The van der Waals surface area contributed by atoms with E-state index in [1.807, 2.05) is 229 Å². The van der Waals surface area contributed by atoms with Gasteiger partial charge in [-0.05, 0) is 138 Å². The summed E-state index contributed by atoms with van der Waals surface area (Å²) in [7, 11) is 0. The number of aromatic hydroxyl groups is 4. The highest BCUT2D eigenvalue weighted by Gasteiger charge is 2.47. The number of carbonyl (C=O) groups is 2. The van der Waals surface area contributed by atoms with E-state index in [-0.39, 0.29) is 23.0 Å². The van der Waals surface area contributed by atoms with Crippen LogP contribution < -0.4 is 0 Å². The molecule has 416 valence electrons. The summed E-state index contributed by atoms with van der Waals surface area (Å²) >= 11 is 1.19. The van der Waals surface area contributed by atoms with E-state index in [9.17, 15) is 20.4 Å². The molecule has 2 atom stereocenters. The van der Waals surface area contributed by atoms with Gasteiger partial charge in [-0.25, -0.2) is 0 Å². The first kappa shape index (κ1) is 62.9. The van der Waals surface area contributed by atoms with Gasteiger partial charge in [0.15, 0.2) is 0 Å². The number of phenolic OH excluding ortho intramolecular Hbond substituents is 4. The molecule has 0 spiro atoms. The number of phenols is 4. The molecular formula is C66H98O8S. The molecule has 2 unspecified atom stereocenters. The van der Waals surface area contributed by atoms with Gasteiger partial charge >= 0.3 is 11.9 Å². The summed E-state index contributed by atoms with van der Waals surface area (Å²) in [6.45, 7) is 56.3. The average Bonchev–Trinajstić information content (AvgIpc) is 3.19. The predicted molar refractivity (Wildman–Crippen MR) is 314 cm³/mol. The molecule has 4 rings (SSSR count). The van der Waals surface area contributed by atoms with Crippen LogP contribution in [0, 0.1) is 0 Å². The molecule has 0 aromatic heterocycles. The third-order valence-corrected chi connectivity index (χ3v) is 15.9. The van der Waals surface area contributed by atoms with Crippen molar-refractivity contribution in [2.75, 3.05) is 0 Å². The zero-order valence-corrected chi connectivity index (χ0v) is 52.4. The molecular weight excluding hydrogens is 953 g/mol. The van der Waals surface area contributed by atoms with E-state index in [4.69, 9.17) is 9.47 Å². The second-order valence-electron chi connectivity index (χ2n) is 30.0. The molecule has 4 aromatic carbocycles. The Morgan fingerprint density at radius 2 is 0.453 bits per heavy atom. The smallest absolute Gasteiger partial charge is 0.321 e. The van der Waals surface area contributed by atoms with Gasteiger partial charge in [0.25, 0.3) is 0 Å². The number of ether oxygens (including phenoxy) is 2. The number of rotatable bonds is 10. The second kappa shape index (κ2) is 20.3. The van der Waals surface area contributed by atoms with Crippen LogP contribution in [0.25, 0.3) is 0 Å². The Kier molecular flexibility index (Phi) is 17.0. The zero-order chi connectivity index (χ0) is 58.3. The van der Waals surface area contributed by atoms with Gasteiger partial charge in [-0.1, -0.05) is 226 Å². The fourth-order valence-corrected chi connectivity index (χ4v) is 10.8. The van der Waals surface area contributed by atoms with Gasteiger partial charge < -0.3 is 29.9 Å². The largest absolute Gasteiger partial charge is 0.507 e. The molecule has 9 heteroatoms. The van der Waals surface area contributed by atoms with E-state index in [1.54, 1.807) is 13.8 Å². The lowest BCUT2D eigenvalue weighted by Gasteiger charge is -2.37. The lowest BCUT2D eigenvalue weighted by atomic mass is 9.68. The van der Waals surface area contributed by atoms with Crippen LogP contribution in [-0.4, -0.2) is 43.2 Å². The maximum Gasteiger partial charge on any atom is 0.321 e. The van der Waals surface area contributed by atoms with Crippen molar-refractivity contribution in [2.24, 2.45) is 0 Å². The van der Waals surface area contributed by atoms with Crippen LogP contribution in [0.5, 0.6) is 23.0 Å². The van der Waals surface area contributed by atoms with Crippen molar-refractivity contribution in [3.63, 3.8) is 0 Å². The molecule has 4 N–H and O–H groups in total. The summed E-state index contributed by atoms with van der Waals surface area (Å²) in [6.07, 6.45) is 0. The van der Waals surface area contributed by atoms with Crippen molar-refractivity contribution in [3.05, 3.63) is 115 Å². The highest BCUT2D eigenvalue weighted by atomic mass is 32.2. The lowest BCUT2D eigenvalue weighted by molar-refractivity contribution is -0.149. The molecule has 4 aromatic rings. The number of carbonyl (C=O) groups excluding carboxylic acids is 2. The highest BCUT2D eigenvalue weighted by molar-refractivity contribution is 8.00. The quantitative estimate of drug-likeness (QED) is 0.0905. The standard InChI is InChI=1S/C66H98O8S/c1-37(73-55(71)65(27,39-29-43(57(3,4)5)51(67)44(30-39)58(6,7)8)40-31-45(59(9,10)11)52(68)46(32-40)60(12,13)14)75-38(2)74-56(72)66(28,41-33-47(61(15,16)17)53(69)48(34-41)62(18,19)20)42-35-49(63(21,22)23)54(70)50(36-42)64(24,25)26/h29-38,67-70H,1-28H3. The first-order valence-corrected chi connectivity index (χ1v) is 27.9. The predicted octanol–water partition coefficient (Wildman–Crippen LogP) is 16.7. The molecule has 0 fully saturated rings. The summed E-state index contributed by atoms with van der Waals surface area (Å²) in [6, 6.07) is 15.4. The summed E-state index contributed by atoms with van der Waals surface area (Å²) in [4.78, 5) is 31.2. The van der Waals surface area contributed by atoms with Crippen molar-refractivity contribution >= 4 is 23.7 Å². The Morgan fingerprint density at radius 1 is 0.320 bits per heavy atom. The normalized spacial score (nSPS) is 14.7. The van der Waals surface area contributed by atoms with Gasteiger partial charge in [0, 0.05) is 0 Å². The molecule has 0 aliphatic rings. The lowest BCUT2D eigenvalue weighted by Crippen LogP contribution is -2.40. The van der Waals surface area contributed by atoms with E-state index < -0.39 is 77.0 Å². The van der Waals surface area contributed by atoms with Gasteiger partial charge in [-0.2, -0.15) is 0 Å². The molecule has 8 nitrogen and oxygen atoms in total. The number of hydrogen-bond donors (Lipinski definition) is 4. The number of benzene rings is 4. The second-order valence-corrected chi connectivity index (χ2v) is 31.6. The fourth-order valence-electron chi connectivity index (χ4n) is 9.93. The van der Waals surface area contributed by atoms with E-state index in [1.165, 1.54) is 11.8 Å². The Balaban J connectivity index is 1.98. The molecule has 0 bridgehead atoms. The maximum absolute atomic E-state index is 15.6. The van der Waals surface area contributed by atoms with E-state index >= 15 is 9.59 Å². The molecule has 0 radical (unpaired) electrons. The minimum Gasteiger partial charge on any atom is -0.507 e. The summed E-state index contributed by atoms with van der Waals surface area (Å²) in [5.41, 5.74) is -0.595. The van der Waals surface area contributed by atoms with Crippen LogP contribution in [0.4, 0.5) is 0 Å². The van der Waals surface area contributed by atoms with E-state index in [0.717, 1.165) is 0 Å².